The molecule has 1 amide bonds. The van der Waals surface area contributed by atoms with Crippen molar-refractivity contribution in [1.82, 2.24) is 14.8 Å². The molecule has 1 aliphatic heterocycles. The van der Waals surface area contributed by atoms with Crippen molar-refractivity contribution in [3.8, 4) is 11.5 Å². The second-order valence-electron chi connectivity index (χ2n) is 6.22. The van der Waals surface area contributed by atoms with Gasteiger partial charge in [-0.05, 0) is 31.3 Å². The number of rotatable bonds is 5. The second-order valence-corrected chi connectivity index (χ2v) is 6.22. The van der Waals surface area contributed by atoms with Crippen molar-refractivity contribution in [2.24, 2.45) is 0 Å². The minimum Gasteiger partial charge on any atom is -0.493 e. The van der Waals surface area contributed by atoms with E-state index in [0.29, 0.717) is 22.9 Å². The number of nitrogens with one attached hydrogen (secondary N) is 1. The molecule has 1 aliphatic rings. The highest BCUT2D eigenvalue weighted by Crippen LogP contribution is 2.30. The van der Waals surface area contributed by atoms with Gasteiger partial charge in [-0.3, -0.25) is 4.79 Å². The molecule has 7 nitrogen and oxygen atoms in total. The zero-order valence-electron chi connectivity index (χ0n) is 15.4. The smallest absolute Gasteiger partial charge is 0.254 e. The van der Waals surface area contributed by atoms with Crippen molar-refractivity contribution < 1.29 is 14.3 Å². The van der Waals surface area contributed by atoms with Gasteiger partial charge in [-0.25, -0.2) is 4.98 Å². The molecule has 0 aliphatic carbocycles. The van der Waals surface area contributed by atoms with E-state index >= 15 is 0 Å². The maximum Gasteiger partial charge on any atom is 0.254 e. The Balaban J connectivity index is 1.74. The van der Waals surface area contributed by atoms with E-state index in [1.807, 2.05) is 23.1 Å². The SMILES string of the molecule is COc1ccc(Nc2cc(C(=O)N3CCN(C)CC3)ccn2)cc1OC. The van der Waals surface area contributed by atoms with E-state index in [2.05, 4.69) is 22.2 Å². The number of ether oxygens (including phenoxy) is 2. The molecule has 0 unspecified atom stereocenters. The highest BCUT2D eigenvalue weighted by atomic mass is 16.5. The number of anilines is 2. The summed E-state index contributed by atoms with van der Waals surface area (Å²) in [7, 11) is 5.26. The Morgan fingerprint density at radius 1 is 1.04 bits per heavy atom. The first-order chi connectivity index (χ1) is 12.6. The van der Waals surface area contributed by atoms with Gasteiger partial charge in [-0.15, -0.1) is 0 Å². The fraction of sp³-hybridized carbons (Fsp3) is 0.368. The topological polar surface area (TPSA) is 66.9 Å². The summed E-state index contributed by atoms with van der Waals surface area (Å²) in [4.78, 5) is 21.1. The summed E-state index contributed by atoms with van der Waals surface area (Å²) in [5.74, 6) is 1.93. The maximum atomic E-state index is 12.7. The lowest BCUT2D eigenvalue weighted by molar-refractivity contribution is 0.0664. The third kappa shape index (κ3) is 4.05. The molecule has 1 saturated heterocycles. The first kappa shape index (κ1) is 18.0. The minimum absolute atomic E-state index is 0.0378. The molecule has 0 spiro atoms. The molecular formula is C19H24N4O3. The fourth-order valence-electron chi connectivity index (χ4n) is 2.89. The Bertz CT molecular complexity index is 773. The third-order valence-corrected chi connectivity index (χ3v) is 4.45. The lowest BCUT2D eigenvalue weighted by Gasteiger charge is -2.32. The Morgan fingerprint density at radius 2 is 1.77 bits per heavy atom. The predicted molar refractivity (Wildman–Crippen MR) is 100 cm³/mol. The van der Waals surface area contributed by atoms with Crippen LogP contribution in [0.2, 0.25) is 0 Å². The highest BCUT2D eigenvalue weighted by molar-refractivity contribution is 5.95. The van der Waals surface area contributed by atoms with Crippen molar-refractivity contribution in [3.63, 3.8) is 0 Å². The summed E-state index contributed by atoms with van der Waals surface area (Å²) in [6.45, 7) is 3.29. The Hall–Kier alpha value is -2.80. The van der Waals surface area contributed by atoms with Crippen molar-refractivity contribution in [2.45, 2.75) is 0 Å². The lowest BCUT2D eigenvalue weighted by atomic mass is 10.2. The van der Waals surface area contributed by atoms with Crippen LogP contribution in [-0.2, 0) is 0 Å². The van der Waals surface area contributed by atoms with Crippen LogP contribution in [0, 0.1) is 0 Å². The van der Waals surface area contributed by atoms with Crippen LogP contribution in [0.4, 0.5) is 11.5 Å². The van der Waals surface area contributed by atoms with Crippen molar-refractivity contribution in [2.75, 3.05) is 52.8 Å². The molecule has 1 aromatic heterocycles. The van der Waals surface area contributed by atoms with Gasteiger partial charge in [0.1, 0.15) is 5.82 Å². The molecule has 0 saturated carbocycles. The zero-order valence-corrected chi connectivity index (χ0v) is 15.4. The van der Waals surface area contributed by atoms with Gasteiger partial charge in [-0.1, -0.05) is 0 Å². The first-order valence-electron chi connectivity index (χ1n) is 8.53. The predicted octanol–water partition coefficient (Wildman–Crippen LogP) is 2.23. The molecule has 0 radical (unpaired) electrons. The van der Waals surface area contributed by atoms with Crippen LogP contribution in [0.5, 0.6) is 11.5 Å². The summed E-state index contributed by atoms with van der Waals surface area (Å²) in [5, 5.41) is 3.21. The van der Waals surface area contributed by atoms with Gasteiger partial charge in [0.2, 0.25) is 0 Å². The molecular weight excluding hydrogens is 332 g/mol. The molecule has 138 valence electrons. The number of carbonyl (C=O) groups excluding carboxylic acids is 1. The van der Waals surface area contributed by atoms with E-state index in [1.54, 1.807) is 32.5 Å². The van der Waals surface area contributed by atoms with Gasteiger partial charge in [0.15, 0.2) is 11.5 Å². The van der Waals surface area contributed by atoms with Gasteiger partial charge >= 0.3 is 0 Å². The van der Waals surface area contributed by atoms with Crippen LogP contribution in [0.15, 0.2) is 36.5 Å². The number of nitrogens with zero attached hydrogens (tertiary/aromatic N) is 3. The molecule has 0 atom stereocenters. The Kier molecular flexibility index (Phi) is 5.58. The second kappa shape index (κ2) is 8.05. The molecule has 2 aromatic rings. The van der Waals surface area contributed by atoms with Gasteiger partial charge in [0, 0.05) is 49.7 Å². The average molecular weight is 356 g/mol. The number of aromatic nitrogens is 1. The van der Waals surface area contributed by atoms with E-state index < -0.39 is 0 Å². The summed E-state index contributed by atoms with van der Waals surface area (Å²) in [6.07, 6.45) is 1.65. The highest BCUT2D eigenvalue weighted by Gasteiger charge is 2.20. The number of hydrogen-bond acceptors (Lipinski definition) is 6. The lowest BCUT2D eigenvalue weighted by Crippen LogP contribution is -2.47. The summed E-state index contributed by atoms with van der Waals surface area (Å²) in [6, 6.07) is 9.05. The van der Waals surface area contributed by atoms with E-state index in [9.17, 15) is 4.79 Å². The van der Waals surface area contributed by atoms with Crippen LogP contribution in [-0.4, -0.2) is 68.1 Å². The number of hydrogen-bond donors (Lipinski definition) is 1. The van der Waals surface area contributed by atoms with Crippen molar-refractivity contribution in [1.29, 1.82) is 0 Å². The van der Waals surface area contributed by atoms with Gasteiger partial charge in [-0.2, -0.15) is 0 Å². The summed E-state index contributed by atoms with van der Waals surface area (Å²) >= 11 is 0. The number of amides is 1. The van der Waals surface area contributed by atoms with E-state index in [4.69, 9.17) is 9.47 Å². The third-order valence-electron chi connectivity index (χ3n) is 4.45. The Labute approximate surface area is 153 Å². The van der Waals surface area contributed by atoms with Crippen LogP contribution < -0.4 is 14.8 Å². The van der Waals surface area contributed by atoms with Crippen molar-refractivity contribution >= 4 is 17.4 Å². The number of likely N-dealkylation sites (N-methyl/N-ethyl adjacent to an activating group) is 1. The minimum atomic E-state index is 0.0378. The Morgan fingerprint density at radius 3 is 2.46 bits per heavy atom. The standard InChI is InChI=1S/C19H24N4O3/c1-22-8-10-23(11-9-22)19(24)14-6-7-20-18(12-14)21-15-4-5-16(25-2)17(13-15)26-3/h4-7,12-13H,8-11H2,1-3H3,(H,20,21). The fourth-order valence-corrected chi connectivity index (χ4v) is 2.89. The average Bonchev–Trinajstić information content (AvgIpc) is 2.68. The van der Waals surface area contributed by atoms with Crippen LogP contribution >= 0.6 is 0 Å². The largest absolute Gasteiger partial charge is 0.493 e. The van der Waals surface area contributed by atoms with Crippen LogP contribution in [0.25, 0.3) is 0 Å². The normalized spacial score (nSPS) is 14.8. The van der Waals surface area contributed by atoms with Gasteiger partial charge in [0.05, 0.1) is 14.2 Å². The van der Waals surface area contributed by atoms with Gasteiger partial charge in [0.25, 0.3) is 5.91 Å². The van der Waals surface area contributed by atoms with E-state index in [1.165, 1.54) is 0 Å². The molecule has 7 heteroatoms. The molecule has 2 heterocycles. The quantitative estimate of drug-likeness (QED) is 0.886. The first-order valence-corrected chi connectivity index (χ1v) is 8.53. The van der Waals surface area contributed by atoms with Gasteiger partial charge < -0.3 is 24.6 Å². The molecule has 1 fully saturated rings. The number of benzene rings is 1. The maximum absolute atomic E-state index is 12.7. The van der Waals surface area contributed by atoms with E-state index in [-0.39, 0.29) is 5.91 Å². The zero-order chi connectivity index (χ0) is 18.5. The molecule has 3 rings (SSSR count). The van der Waals surface area contributed by atoms with Crippen LogP contribution in [0.3, 0.4) is 0 Å². The monoisotopic (exact) mass is 356 g/mol. The molecule has 0 bridgehead atoms. The number of pyridine rings is 1. The molecule has 26 heavy (non-hydrogen) atoms. The van der Waals surface area contributed by atoms with E-state index in [0.717, 1.165) is 31.9 Å². The molecule has 1 N–H and O–H groups in total. The number of piperazine rings is 1. The summed E-state index contributed by atoms with van der Waals surface area (Å²) in [5.41, 5.74) is 1.44. The summed E-state index contributed by atoms with van der Waals surface area (Å²) < 4.78 is 10.6. The number of methoxy groups -OCH3 is 2. The number of carbonyl (C=O) groups is 1. The molecule has 1 aromatic carbocycles. The van der Waals surface area contributed by atoms with Crippen molar-refractivity contribution in [3.05, 3.63) is 42.1 Å². The van der Waals surface area contributed by atoms with Crippen LogP contribution in [0.1, 0.15) is 10.4 Å².